The number of aliphatic hydroxyl groups excluding tert-OH is 1. The summed E-state index contributed by atoms with van der Waals surface area (Å²) in [5.74, 6) is 1.01. The van der Waals surface area contributed by atoms with Crippen LogP contribution in [0.15, 0.2) is 12.3 Å². The first kappa shape index (κ1) is 9.52. The van der Waals surface area contributed by atoms with Crippen LogP contribution >= 0.6 is 0 Å². The predicted molar refractivity (Wildman–Crippen MR) is 55.0 cm³/mol. The molecule has 1 aromatic heterocycles. The number of aryl methyl sites for hydroxylation is 1. The molecule has 0 saturated heterocycles. The van der Waals surface area contributed by atoms with Crippen LogP contribution in [0, 0.1) is 5.41 Å². The van der Waals surface area contributed by atoms with Crippen molar-refractivity contribution in [2.45, 2.75) is 32.4 Å². The minimum absolute atomic E-state index is 0.0374. The van der Waals surface area contributed by atoms with Crippen LogP contribution in [-0.2, 0) is 7.05 Å². The molecular weight excluding hydrogens is 178 g/mol. The number of nitrogens with zero attached hydrogens (tertiary/aromatic N) is 2. The second-order valence-electron chi connectivity index (χ2n) is 4.61. The fourth-order valence-electron chi connectivity index (χ4n) is 1.84. The van der Waals surface area contributed by atoms with Gasteiger partial charge in [-0.1, -0.05) is 13.8 Å². The summed E-state index contributed by atoms with van der Waals surface area (Å²) in [6.45, 7) is 4.16. The van der Waals surface area contributed by atoms with Crippen LogP contribution in [0.25, 0.3) is 0 Å². The van der Waals surface area contributed by atoms with Crippen molar-refractivity contribution >= 4 is 5.82 Å². The molecule has 2 rings (SSSR count). The average molecular weight is 195 g/mol. The number of anilines is 1. The molecule has 0 spiro atoms. The summed E-state index contributed by atoms with van der Waals surface area (Å²) in [7, 11) is 1.91. The first-order valence-electron chi connectivity index (χ1n) is 4.94. The quantitative estimate of drug-likeness (QED) is 0.740. The van der Waals surface area contributed by atoms with E-state index < -0.39 is 0 Å². The SMILES string of the molecule is Cn1nccc1NC1CC(O)C1(C)C. The lowest BCUT2D eigenvalue weighted by Gasteiger charge is -2.49. The average Bonchev–Trinajstić information content (AvgIpc) is 2.51. The molecule has 78 valence electrons. The van der Waals surface area contributed by atoms with Crippen molar-refractivity contribution in [1.29, 1.82) is 0 Å². The fraction of sp³-hybridized carbons (Fsp3) is 0.700. The lowest BCUT2D eigenvalue weighted by molar-refractivity contribution is -0.0512. The molecule has 1 aliphatic rings. The number of hydrogen-bond acceptors (Lipinski definition) is 3. The number of aliphatic hydroxyl groups is 1. The zero-order valence-electron chi connectivity index (χ0n) is 8.86. The van der Waals surface area contributed by atoms with Gasteiger partial charge in [0.25, 0.3) is 0 Å². The molecule has 2 N–H and O–H groups in total. The maximum atomic E-state index is 9.58. The second kappa shape index (κ2) is 2.98. The lowest BCUT2D eigenvalue weighted by Crippen LogP contribution is -2.57. The number of hydrogen-bond donors (Lipinski definition) is 2. The van der Waals surface area contributed by atoms with Crippen molar-refractivity contribution in [3.63, 3.8) is 0 Å². The van der Waals surface area contributed by atoms with Crippen molar-refractivity contribution in [3.05, 3.63) is 12.3 Å². The Balaban J connectivity index is 2.04. The van der Waals surface area contributed by atoms with Crippen LogP contribution in [0.5, 0.6) is 0 Å². The molecule has 0 aliphatic heterocycles. The normalized spacial score (nSPS) is 29.7. The van der Waals surface area contributed by atoms with Crippen LogP contribution in [0.3, 0.4) is 0 Å². The monoisotopic (exact) mass is 195 g/mol. The van der Waals surface area contributed by atoms with Gasteiger partial charge in [-0.3, -0.25) is 4.68 Å². The Kier molecular flexibility index (Phi) is 2.03. The first-order valence-corrected chi connectivity index (χ1v) is 4.94. The van der Waals surface area contributed by atoms with E-state index in [2.05, 4.69) is 24.3 Å². The molecule has 14 heavy (non-hydrogen) atoms. The third-order valence-electron chi connectivity index (χ3n) is 3.36. The van der Waals surface area contributed by atoms with Gasteiger partial charge in [-0.25, -0.2) is 0 Å². The molecule has 1 aromatic rings. The Morgan fingerprint density at radius 1 is 1.64 bits per heavy atom. The van der Waals surface area contributed by atoms with Gasteiger partial charge >= 0.3 is 0 Å². The molecule has 1 saturated carbocycles. The van der Waals surface area contributed by atoms with Gasteiger partial charge in [-0.2, -0.15) is 5.10 Å². The van der Waals surface area contributed by atoms with Crippen molar-refractivity contribution in [3.8, 4) is 0 Å². The van der Waals surface area contributed by atoms with Crippen molar-refractivity contribution < 1.29 is 5.11 Å². The topological polar surface area (TPSA) is 50.1 Å². The van der Waals surface area contributed by atoms with Gasteiger partial charge in [0.05, 0.1) is 12.3 Å². The molecule has 0 amide bonds. The number of aromatic nitrogens is 2. The van der Waals surface area contributed by atoms with E-state index in [9.17, 15) is 5.11 Å². The van der Waals surface area contributed by atoms with Gasteiger partial charge in [-0.05, 0) is 6.42 Å². The van der Waals surface area contributed by atoms with Crippen LogP contribution < -0.4 is 5.32 Å². The molecule has 0 bridgehead atoms. The molecule has 4 heteroatoms. The zero-order chi connectivity index (χ0) is 10.3. The molecule has 0 aromatic carbocycles. The summed E-state index contributed by atoms with van der Waals surface area (Å²) in [4.78, 5) is 0. The summed E-state index contributed by atoms with van der Waals surface area (Å²) in [6, 6.07) is 2.29. The fourth-order valence-corrected chi connectivity index (χ4v) is 1.84. The van der Waals surface area contributed by atoms with Gasteiger partial charge in [0.1, 0.15) is 5.82 Å². The minimum Gasteiger partial charge on any atom is -0.392 e. The van der Waals surface area contributed by atoms with Crippen molar-refractivity contribution in [2.24, 2.45) is 12.5 Å². The molecule has 4 nitrogen and oxygen atoms in total. The third-order valence-corrected chi connectivity index (χ3v) is 3.36. The van der Waals surface area contributed by atoms with E-state index in [1.54, 1.807) is 10.9 Å². The van der Waals surface area contributed by atoms with Gasteiger partial charge in [-0.15, -0.1) is 0 Å². The molecule has 1 fully saturated rings. The first-order chi connectivity index (χ1) is 6.51. The smallest absolute Gasteiger partial charge is 0.124 e. The highest BCUT2D eigenvalue weighted by Gasteiger charge is 2.47. The van der Waals surface area contributed by atoms with E-state index in [1.165, 1.54) is 0 Å². The Morgan fingerprint density at radius 2 is 2.36 bits per heavy atom. The highest BCUT2D eigenvalue weighted by atomic mass is 16.3. The van der Waals surface area contributed by atoms with Gasteiger partial charge in [0, 0.05) is 24.6 Å². The maximum Gasteiger partial charge on any atom is 0.124 e. The Bertz CT molecular complexity index is 332. The largest absolute Gasteiger partial charge is 0.392 e. The molecule has 0 radical (unpaired) electrons. The van der Waals surface area contributed by atoms with Gasteiger partial charge in [0.15, 0.2) is 0 Å². The maximum absolute atomic E-state index is 9.58. The summed E-state index contributed by atoms with van der Waals surface area (Å²) < 4.78 is 1.81. The molecule has 2 atom stereocenters. The predicted octanol–water partition coefficient (Wildman–Crippen LogP) is 0.991. The van der Waals surface area contributed by atoms with Crippen LogP contribution in [0.4, 0.5) is 5.82 Å². The van der Waals surface area contributed by atoms with Gasteiger partial charge < -0.3 is 10.4 Å². The molecule has 2 unspecified atom stereocenters. The highest BCUT2D eigenvalue weighted by molar-refractivity contribution is 5.37. The lowest BCUT2D eigenvalue weighted by atomic mass is 9.64. The third kappa shape index (κ3) is 1.30. The summed E-state index contributed by atoms with van der Waals surface area (Å²) in [5.41, 5.74) is -0.0374. The van der Waals surface area contributed by atoms with Crippen LogP contribution in [0.2, 0.25) is 0 Å². The molecule has 1 aliphatic carbocycles. The van der Waals surface area contributed by atoms with E-state index in [1.807, 2.05) is 13.1 Å². The standard InChI is InChI=1S/C10H17N3O/c1-10(2)7(6-8(10)14)12-9-4-5-11-13(9)3/h4-5,7-8,12,14H,6H2,1-3H3. The minimum atomic E-state index is -0.187. The number of nitrogens with one attached hydrogen (secondary N) is 1. The van der Waals surface area contributed by atoms with Crippen molar-refractivity contribution in [2.75, 3.05) is 5.32 Å². The summed E-state index contributed by atoms with van der Waals surface area (Å²) in [5, 5.41) is 17.1. The van der Waals surface area contributed by atoms with Crippen molar-refractivity contribution in [1.82, 2.24) is 9.78 Å². The Hall–Kier alpha value is -1.03. The summed E-state index contributed by atoms with van der Waals surface area (Å²) in [6.07, 6.45) is 2.40. The van der Waals surface area contributed by atoms with E-state index in [0.717, 1.165) is 12.2 Å². The molecular formula is C10H17N3O. The van der Waals surface area contributed by atoms with E-state index >= 15 is 0 Å². The molecule has 1 heterocycles. The van der Waals surface area contributed by atoms with Crippen LogP contribution in [0.1, 0.15) is 20.3 Å². The van der Waals surface area contributed by atoms with E-state index in [0.29, 0.717) is 6.04 Å². The Labute approximate surface area is 83.9 Å². The second-order valence-corrected chi connectivity index (χ2v) is 4.61. The number of rotatable bonds is 2. The highest BCUT2D eigenvalue weighted by Crippen LogP contribution is 2.42. The van der Waals surface area contributed by atoms with Gasteiger partial charge in [0.2, 0.25) is 0 Å². The Morgan fingerprint density at radius 3 is 2.79 bits per heavy atom. The van der Waals surface area contributed by atoms with E-state index in [-0.39, 0.29) is 11.5 Å². The van der Waals surface area contributed by atoms with Crippen LogP contribution in [-0.4, -0.2) is 27.0 Å². The summed E-state index contributed by atoms with van der Waals surface area (Å²) >= 11 is 0. The van der Waals surface area contributed by atoms with E-state index in [4.69, 9.17) is 0 Å². The zero-order valence-corrected chi connectivity index (χ0v) is 8.86.